The minimum absolute atomic E-state index is 0.785. The van der Waals surface area contributed by atoms with Crippen molar-refractivity contribution in [2.75, 3.05) is 24.5 Å². The molecule has 1 aromatic rings. The zero-order chi connectivity index (χ0) is 12.1. The van der Waals surface area contributed by atoms with E-state index in [0.717, 1.165) is 25.4 Å². The van der Waals surface area contributed by atoms with Gasteiger partial charge in [-0.05, 0) is 56.3 Å². The van der Waals surface area contributed by atoms with Gasteiger partial charge in [0, 0.05) is 18.8 Å². The summed E-state index contributed by atoms with van der Waals surface area (Å²) in [6.07, 6.45) is 5.32. The van der Waals surface area contributed by atoms with Crippen molar-refractivity contribution in [1.82, 2.24) is 0 Å². The van der Waals surface area contributed by atoms with Crippen LogP contribution in [0.3, 0.4) is 0 Å². The number of nitrogens with zero attached hydrogens (tertiary/aromatic N) is 1. The van der Waals surface area contributed by atoms with Gasteiger partial charge in [-0.2, -0.15) is 0 Å². The van der Waals surface area contributed by atoms with E-state index in [-0.39, 0.29) is 0 Å². The molecule has 17 heavy (non-hydrogen) atoms. The zero-order valence-electron chi connectivity index (χ0n) is 10.9. The normalized spacial score (nSPS) is 15.6. The van der Waals surface area contributed by atoms with Crippen LogP contribution in [0.15, 0.2) is 24.3 Å². The highest BCUT2D eigenvalue weighted by Crippen LogP contribution is 2.29. The first-order chi connectivity index (χ1) is 8.29. The van der Waals surface area contributed by atoms with Gasteiger partial charge in [0.2, 0.25) is 0 Å². The minimum atomic E-state index is 0.785. The largest absolute Gasteiger partial charge is 0.371 e. The predicted octanol–water partition coefficient (Wildman–Crippen LogP) is 2.95. The van der Waals surface area contributed by atoms with Crippen LogP contribution < -0.4 is 10.6 Å². The Labute approximate surface area is 105 Å². The van der Waals surface area contributed by atoms with Crippen molar-refractivity contribution in [1.29, 1.82) is 0 Å². The number of hydrogen-bond donors (Lipinski definition) is 1. The van der Waals surface area contributed by atoms with Crippen molar-refractivity contribution in [2.24, 2.45) is 11.7 Å². The number of aryl methyl sites for hydroxylation is 1. The van der Waals surface area contributed by atoms with Gasteiger partial charge in [-0.15, -0.1) is 0 Å². The second-order valence-corrected chi connectivity index (χ2v) is 5.22. The smallest absolute Gasteiger partial charge is 0.0368 e. The first kappa shape index (κ1) is 12.4. The van der Waals surface area contributed by atoms with E-state index in [9.17, 15) is 0 Å². The third kappa shape index (κ3) is 3.47. The molecule has 0 amide bonds. The number of hydrogen-bond acceptors (Lipinski definition) is 2. The second kappa shape index (κ2) is 6.06. The van der Waals surface area contributed by atoms with Crippen LogP contribution in [-0.2, 0) is 0 Å². The number of rotatable bonds is 6. The average Bonchev–Trinajstić information content (AvgIpc) is 2.27. The summed E-state index contributed by atoms with van der Waals surface area (Å²) in [6, 6.07) is 8.83. The Morgan fingerprint density at radius 3 is 2.76 bits per heavy atom. The van der Waals surface area contributed by atoms with E-state index in [1.807, 2.05) is 0 Å². The molecule has 0 bridgehead atoms. The summed E-state index contributed by atoms with van der Waals surface area (Å²) in [4.78, 5) is 2.52. The van der Waals surface area contributed by atoms with Crippen LogP contribution in [0.4, 0.5) is 5.69 Å². The van der Waals surface area contributed by atoms with Crippen LogP contribution in [0, 0.1) is 12.8 Å². The molecule has 1 aliphatic carbocycles. The molecule has 0 saturated heterocycles. The monoisotopic (exact) mass is 232 g/mol. The summed E-state index contributed by atoms with van der Waals surface area (Å²) in [7, 11) is 0. The topological polar surface area (TPSA) is 29.3 Å². The molecule has 2 rings (SSSR count). The van der Waals surface area contributed by atoms with Crippen LogP contribution in [0.25, 0.3) is 0 Å². The molecule has 0 unspecified atom stereocenters. The molecule has 0 atom stereocenters. The third-order valence-electron chi connectivity index (χ3n) is 3.70. The van der Waals surface area contributed by atoms with Gasteiger partial charge in [0.1, 0.15) is 0 Å². The van der Waals surface area contributed by atoms with Crippen molar-refractivity contribution in [3.8, 4) is 0 Å². The summed E-state index contributed by atoms with van der Waals surface area (Å²) in [5.41, 5.74) is 8.34. The fourth-order valence-electron chi connectivity index (χ4n) is 2.42. The Kier molecular flexibility index (Phi) is 4.43. The summed E-state index contributed by atoms with van der Waals surface area (Å²) < 4.78 is 0. The highest BCUT2D eigenvalue weighted by atomic mass is 15.1. The number of anilines is 1. The predicted molar refractivity (Wildman–Crippen MR) is 74.4 cm³/mol. The Hall–Kier alpha value is -1.02. The van der Waals surface area contributed by atoms with Gasteiger partial charge >= 0.3 is 0 Å². The molecule has 0 spiro atoms. The van der Waals surface area contributed by atoms with Gasteiger partial charge < -0.3 is 10.6 Å². The molecular formula is C15H24N2. The quantitative estimate of drug-likeness (QED) is 0.817. The molecule has 2 N–H and O–H groups in total. The molecule has 2 heteroatoms. The molecule has 0 aromatic heterocycles. The fraction of sp³-hybridized carbons (Fsp3) is 0.600. The summed E-state index contributed by atoms with van der Waals surface area (Å²) in [5, 5.41) is 0. The highest BCUT2D eigenvalue weighted by Gasteiger charge is 2.20. The van der Waals surface area contributed by atoms with Crippen molar-refractivity contribution in [3.05, 3.63) is 29.8 Å². The van der Waals surface area contributed by atoms with Gasteiger partial charge in [-0.25, -0.2) is 0 Å². The molecule has 94 valence electrons. The molecule has 1 fully saturated rings. The lowest BCUT2D eigenvalue weighted by Crippen LogP contribution is -2.34. The molecular weight excluding hydrogens is 208 g/mol. The van der Waals surface area contributed by atoms with Gasteiger partial charge in [0.05, 0.1) is 0 Å². The first-order valence-corrected chi connectivity index (χ1v) is 6.81. The Balaban J connectivity index is 2.02. The van der Waals surface area contributed by atoms with E-state index in [1.165, 1.54) is 37.1 Å². The number of benzene rings is 1. The van der Waals surface area contributed by atoms with Crippen molar-refractivity contribution in [2.45, 2.75) is 32.6 Å². The van der Waals surface area contributed by atoms with Gasteiger partial charge in [-0.1, -0.05) is 18.6 Å². The Bertz CT molecular complexity index is 345. The first-order valence-electron chi connectivity index (χ1n) is 6.81. The van der Waals surface area contributed by atoms with E-state index in [2.05, 4.69) is 36.1 Å². The van der Waals surface area contributed by atoms with E-state index in [1.54, 1.807) is 0 Å². The molecule has 0 heterocycles. The van der Waals surface area contributed by atoms with Gasteiger partial charge in [0.25, 0.3) is 0 Å². The third-order valence-corrected chi connectivity index (χ3v) is 3.70. The van der Waals surface area contributed by atoms with Crippen molar-refractivity contribution in [3.63, 3.8) is 0 Å². The lowest BCUT2D eigenvalue weighted by atomic mass is 9.85. The summed E-state index contributed by atoms with van der Waals surface area (Å²) in [6.45, 7) is 5.25. The molecule has 0 radical (unpaired) electrons. The van der Waals surface area contributed by atoms with Crippen molar-refractivity contribution >= 4 is 5.69 Å². The minimum Gasteiger partial charge on any atom is -0.371 e. The van der Waals surface area contributed by atoms with E-state index < -0.39 is 0 Å². The van der Waals surface area contributed by atoms with Gasteiger partial charge in [0.15, 0.2) is 0 Å². The zero-order valence-corrected chi connectivity index (χ0v) is 10.9. The van der Waals surface area contributed by atoms with E-state index in [0.29, 0.717) is 0 Å². The van der Waals surface area contributed by atoms with Crippen LogP contribution in [0.1, 0.15) is 31.2 Å². The molecule has 1 aromatic carbocycles. The maximum Gasteiger partial charge on any atom is 0.0368 e. The highest BCUT2D eigenvalue weighted by molar-refractivity contribution is 5.48. The maximum absolute atomic E-state index is 5.64. The second-order valence-electron chi connectivity index (χ2n) is 5.22. The lowest BCUT2D eigenvalue weighted by Gasteiger charge is -2.34. The Morgan fingerprint density at radius 2 is 2.18 bits per heavy atom. The molecule has 0 aliphatic heterocycles. The standard InChI is InChI=1S/C15H24N2/c1-13-5-2-8-15(11-13)17(10-4-9-16)12-14-6-3-7-14/h2,5,8,11,14H,3-4,6-7,9-10,12,16H2,1H3. The SMILES string of the molecule is Cc1cccc(N(CCCN)CC2CCC2)c1. The Morgan fingerprint density at radius 1 is 1.35 bits per heavy atom. The average molecular weight is 232 g/mol. The fourth-order valence-corrected chi connectivity index (χ4v) is 2.42. The van der Waals surface area contributed by atoms with Gasteiger partial charge in [-0.3, -0.25) is 0 Å². The van der Waals surface area contributed by atoms with Crippen LogP contribution in [0.2, 0.25) is 0 Å². The molecule has 1 aliphatic rings. The van der Waals surface area contributed by atoms with E-state index in [4.69, 9.17) is 5.73 Å². The van der Waals surface area contributed by atoms with Crippen LogP contribution in [-0.4, -0.2) is 19.6 Å². The summed E-state index contributed by atoms with van der Waals surface area (Å²) >= 11 is 0. The maximum atomic E-state index is 5.64. The van der Waals surface area contributed by atoms with Crippen LogP contribution in [0.5, 0.6) is 0 Å². The molecule has 2 nitrogen and oxygen atoms in total. The van der Waals surface area contributed by atoms with Crippen LogP contribution >= 0.6 is 0 Å². The van der Waals surface area contributed by atoms with Crippen molar-refractivity contribution < 1.29 is 0 Å². The lowest BCUT2D eigenvalue weighted by molar-refractivity contribution is 0.317. The molecule has 1 saturated carbocycles. The number of nitrogens with two attached hydrogens (primary N) is 1. The van der Waals surface area contributed by atoms with E-state index >= 15 is 0 Å². The summed E-state index contributed by atoms with van der Waals surface area (Å²) in [5.74, 6) is 0.910.